The van der Waals surface area contributed by atoms with E-state index in [1.165, 1.54) is 0 Å². The summed E-state index contributed by atoms with van der Waals surface area (Å²) >= 11 is 0. The van der Waals surface area contributed by atoms with E-state index in [1.807, 2.05) is 37.4 Å². The van der Waals surface area contributed by atoms with Crippen molar-refractivity contribution in [1.29, 1.82) is 0 Å². The number of aromatic amines is 1. The molecule has 186 valence electrons. The molecule has 1 aliphatic heterocycles. The first kappa shape index (κ1) is 23.8. The first-order valence-electron chi connectivity index (χ1n) is 12.4. The number of amides is 1. The molecule has 2 heterocycles. The van der Waals surface area contributed by atoms with Gasteiger partial charge in [0.2, 0.25) is 5.92 Å². The average molecular weight is 482 g/mol. The van der Waals surface area contributed by atoms with Crippen molar-refractivity contribution in [2.24, 2.45) is 5.41 Å². The summed E-state index contributed by atoms with van der Waals surface area (Å²) < 4.78 is 33.7. The van der Waals surface area contributed by atoms with E-state index in [0.29, 0.717) is 25.1 Å². The van der Waals surface area contributed by atoms with Gasteiger partial charge in [0.05, 0.1) is 7.11 Å². The van der Waals surface area contributed by atoms with Gasteiger partial charge in [-0.25, -0.2) is 8.78 Å². The number of piperidine rings is 1. The summed E-state index contributed by atoms with van der Waals surface area (Å²) in [6.07, 6.45) is 3.34. The number of ether oxygens (including phenoxy) is 1. The van der Waals surface area contributed by atoms with E-state index in [9.17, 15) is 13.6 Å². The molecule has 7 heteroatoms. The molecule has 2 fully saturated rings. The number of carbonyl (C=O) groups is 1. The second-order valence-electron chi connectivity index (χ2n) is 10.3. The minimum absolute atomic E-state index is 0.0110. The summed E-state index contributed by atoms with van der Waals surface area (Å²) in [6, 6.07) is 11.8. The highest BCUT2D eigenvalue weighted by atomic mass is 19.3. The van der Waals surface area contributed by atoms with E-state index in [-0.39, 0.29) is 30.2 Å². The number of fused-ring (bicyclic) bond motifs is 1. The largest absolute Gasteiger partial charge is 0.496 e. The van der Waals surface area contributed by atoms with Gasteiger partial charge in [0.25, 0.3) is 5.91 Å². The number of rotatable bonds is 6. The zero-order chi connectivity index (χ0) is 24.8. The third-order valence-electron chi connectivity index (χ3n) is 7.85. The van der Waals surface area contributed by atoms with E-state index >= 15 is 0 Å². The van der Waals surface area contributed by atoms with Crippen LogP contribution >= 0.6 is 0 Å². The van der Waals surface area contributed by atoms with Crippen molar-refractivity contribution in [3.8, 4) is 5.75 Å². The first-order chi connectivity index (χ1) is 16.7. The van der Waals surface area contributed by atoms with Crippen LogP contribution in [0.5, 0.6) is 5.75 Å². The molecule has 1 aromatic heterocycles. The third kappa shape index (κ3) is 4.42. The van der Waals surface area contributed by atoms with Gasteiger partial charge in [0.15, 0.2) is 0 Å². The van der Waals surface area contributed by atoms with Gasteiger partial charge >= 0.3 is 0 Å². The van der Waals surface area contributed by atoms with E-state index in [0.717, 1.165) is 46.3 Å². The Labute approximate surface area is 204 Å². The van der Waals surface area contributed by atoms with Gasteiger partial charge in [-0.2, -0.15) is 0 Å². The minimum Gasteiger partial charge on any atom is -0.496 e. The molecule has 1 unspecified atom stereocenters. The fourth-order valence-electron chi connectivity index (χ4n) is 6.17. The Morgan fingerprint density at radius 2 is 1.97 bits per heavy atom. The number of hydrogen-bond donors (Lipinski definition) is 2. The predicted octanol–water partition coefficient (Wildman–Crippen LogP) is 5.99. The summed E-state index contributed by atoms with van der Waals surface area (Å²) in [4.78, 5) is 18.0. The fourth-order valence-corrected chi connectivity index (χ4v) is 6.17. The molecule has 1 atom stereocenters. The molecule has 1 saturated heterocycles. The minimum atomic E-state index is -2.55. The van der Waals surface area contributed by atoms with Crippen molar-refractivity contribution in [3.05, 3.63) is 64.8 Å². The topological polar surface area (TPSA) is 57.4 Å². The molecule has 5 nitrogen and oxygen atoms in total. The zero-order valence-corrected chi connectivity index (χ0v) is 20.6. The number of nitrogens with zero attached hydrogens (tertiary/aromatic N) is 1. The maximum Gasteiger partial charge on any atom is 0.251 e. The van der Waals surface area contributed by atoms with Crippen LogP contribution in [0.1, 0.15) is 65.7 Å². The Morgan fingerprint density at radius 1 is 1.23 bits per heavy atom. The van der Waals surface area contributed by atoms with Crippen molar-refractivity contribution in [2.45, 2.75) is 58.0 Å². The molecule has 1 amide bonds. The molecule has 1 spiro atoms. The highest BCUT2D eigenvalue weighted by molar-refractivity contribution is 5.94. The monoisotopic (exact) mass is 481 g/mol. The maximum atomic E-state index is 14.0. The van der Waals surface area contributed by atoms with Gasteiger partial charge in [-0.3, -0.25) is 9.69 Å². The van der Waals surface area contributed by atoms with Crippen LogP contribution in [0.4, 0.5) is 8.78 Å². The molecular weight excluding hydrogens is 448 g/mol. The summed E-state index contributed by atoms with van der Waals surface area (Å²) in [6.45, 7) is 5.92. The standard InChI is InChI=1S/C28H33F2N3O2/c1-4-31-26(34)20-7-5-19(6-8-20)23-14-27(16-28(29,30)17-27)10-12-33(23)15-22-21-9-11-32-25(21)18(2)13-24(22)35-3/h5-9,11,13,23,32H,4,10,12,14-17H2,1-3H3,(H,31,34). The van der Waals surface area contributed by atoms with E-state index in [2.05, 4.69) is 34.3 Å². The third-order valence-corrected chi connectivity index (χ3v) is 7.85. The number of aromatic nitrogens is 1. The molecule has 0 bridgehead atoms. The number of carbonyl (C=O) groups excluding carboxylic acids is 1. The lowest BCUT2D eigenvalue weighted by molar-refractivity contribution is -0.186. The van der Waals surface area contributed by atoms with Gasteiger partial charge in [-0.15, -0.1) is 0 Å². The van der Waals surface area contributed by atoms with Crippen LogP contribution in [-0.4, -0.2) is 41.9 Å². The molecule has 1 aliphatic carbocycles. The number of methoxy groups -OCH3 is 1. The number of alkyl halides is 2. The van der Waals surface area contributed by atoms with Crippen LogP contribution in [0.2, 0.25) is 0 Å². The van der Waals surface area contributed by atoms with Crippen LogP contribution < -0.4 is 10.1 Å². The van der Waals surface area contributed by atoms with E-state index in [1.54, 1.807) is 7.11 Å². The molecule has 0 radical (unpaired) electrons. The normalized spacial score (nSPS) is 21.1. The molecule has 5 rings (SSSR count). The zero-order valence-electron chi connectivity index (χ0n) is 20.6. The molecule has 3 aromatic rings. The molecule has 2 N–H and O–H groups in total. The van der Waals surface area contributed by atoms with E-state index in [4.69, 9.17) is 4.74 Å². The number of nitrogens with one attached hydrogen (secondary N) is 2. The predicted molar refractivity (Wildman–Crippen MR) is 133 cm³/mol. The Bertz CT molecular complexity index is 1230. The van der Waals surface area contributed by atoms with Gasteiger partial charge in [0, 0.05) is 60.2 Å². The van der Waals surface area contributed by atoms with E-state index < -0.39 is 5.92 Å². The molecular formula is C28H33F2N3O2. The second-order valence-corrected chi connectivity index (χ2v) is 10.3. The maximum absolute atomic E-state index is 14.0. The number of benzene rings is 2. The number of aryl methyl sites for hydroxylation is 1. The van der Waals surface area contributed by atoms with Crippen LogP contribution in [-0.2, 0) is 6.54 Å². The number of halogens is 2. The number of H-pyrrole nitrogens is 1. The summed E-state index contributed by atoms with van der Waals surface area (Å²) in [7, 11) is 1.69. The highest BCUT2D eigenvalue weighted by Gasteiger charge is 2.58. The quantitative estimate of drug-likeness (QED) is 0.455. The Hall–Kier alpha value is -2.93. The van der Waals surface area contributed by atoms with Crippen molar-refractivity contribution in [2.75, 3.05) is 20.2 Å². The van der Waals surface area contributed by atoms with Crippen molar-refractivity contribution in [1.82, 2.24) is 15.2 Å². The van der Waals surface area contributed by atoms with Crippen molar-refractivity contribution < 1.29 is 18.3 Å². The Morgan fingerprint density at radius 3 is 2.63 bits per heavy atom. The lowest BCUT2D eigenvalue weighted by Crippen LogP contribution is -2.53. The number of likely N-dealkylation sites (tertiary alicyclic amines) is 1. The molecule has 2 aliphatic rings. The Kier molecular flexibility index (Phi) is 6.08. The van der Waals surface area contributed by atoms with Gasteiger partial charge in [-0.05, 0) is 74.0 Å². The smallest absolute Gasteiger partial charge is 0.251 e. The molecule has 2 aromatic carbocycles. The van der Waals surface area contributed by atoms with Gasteiger partial charge in [0.1, 0.15) is 5.75 Å². The summed E-state index contributed by atoms with van der Waals surface area (Å²) in [5.41, 5.74) is 4.67. The summed E-state index contributed by atoms with van der Waals surface area (Å²) in [5, 5.41) is 3.95. The first-order valence-corrected chi connectivity index (χ1v) is 12.4. The lowest BCUT2D eigenvalue weighted by Gasteiger charge is -2.54. The van der Waals surface area contributed by atoms with Gasteiger partial charge in [-0.1, -0.05) is 12.1 Å². The SMILES string of the molecule is CCNC(=O)c1ccc(C2CC3(CCN2Cc2c(OC)cc(C)c4[nH]ccc24)CC(F)(F)C3)cc1. The lowest BCUT2D eigenvalue weighted by atomic mass is 9.59. The van der Waals surface area contributed by atoms with Crippen LogP contribution in [0.25, 0.3) is 10.9 Å². The van der Waals surface area contributed by atoms with Crippen LogP contribution in [0.3, 0.4) is 0 Å². The second kappa shape index (κ2) is 8.94. The van der Waals surface area contributed by atoms with Crippen molar-refractivity contribution in [3.63, 3.8) is 0 Å². The van der Waals surface area contributed by atoms with Crippen molar-refractivity contribution >= 4 is 16.8 Å². The summed E-state index contributed by atoms with van der Waals surface area (Å²) in [5.74, 6) is -1.81. The average Bonchev–Trinajstić information content (AvgIpc) is 3.31. The van der Waals surface area contributed by atoms with Crippen LogP contribution in [0.15, 0.2) is 42.6 Å². The van der Waals surface area contributed by atoms with Crippen LogP contribution in [0, 0.1) is 12.3 Å². The Balaban J connectivity index is 1.48. The molecule has 1 saturated carbocycles. The van der Waals surface area contributed by atoms with Gasteiger partial charge < -0.3 is 15.0 Å². The highest BCUT2D eigenvalue weighted by Crippen LogP contribution is 2.60. The fraction of sp³-hybridized carbons (Fsp3) is 0.464. The number of hydrogen-bond acceptors (Lipinski definition) is 3. The molecule has 35 heavy (non-hydrogen) atoms.